The second-order valence-corrected chi connectivity index (χ2v) is 5.07. The minimum atomic E-state index is -1.50. The molecular formula is C11H22N2O4. The van der Waals surface area contributed by atoms with E-state index in [0.717, 1.165) is 0 Å². The molecule has 0 aromatic carbocycles. The summed E-state index contributed by atoms with van der Waals surface area (Å²) in [5.41, 5.74) is 8.47. The molecule has 0 bridgehead atoms. The molecule has 0 aromatic rings. The molecule has 0 aromatic heterocycles. The van der Waals surface area contributed by atoms with Crippen molar-refractivity contribution < 1.29 is 19.8 Å². The van der Waals surface area contributed by atoms with Gasteiger partial charge in [0.05, 0.1) is 5.41 Å². The number of hydrogen-bond acceptors (Lipinski definition) is 4. The number of rotatable bonds is 8. The van der Waals surface area contributed by atoms with Crippen LogP contribution in [0.4, 0.5) is 0 Å². The van der Waals surface area contributed by atoms with Gasteiger partial charge in [0.25, 0.3) is 0 Å². The first kappa shape index (κ1) is 15.9. The van der Waals surface area contributed by atoms with Crippen molar-refractivity contribution in [3.05, 3.63) is 0 Å². The standard InChI is InChI=1S/C11H22N2O4/c1-10(2,8(14)15)7-11(13,9(16)17)5-3-4-6-12/h3-7,12-13H2,1-2H3,(H,14,15)(H,16,17)/t11-/m1/s1. The van der Waals surface area contributed by atoms with E-state index in [1.165, 1.54) is 13.8 Å². The molecule has 0 rings (SSSR count). The number of hydrogen-bond donors (Lipinski definition) is 4. The lowest BCUT2D eigenvalue weighted by Crippen LogP contribution is -2.52. The second kappa shape index (κ2) is 5.97. The van der Waals surface area contributed by atoms with E-state index >= 15 is 0 Å². The van der Waals surface area contributed by atoms with Crippen LogP contribution in [0.5, 0.6) is 0 Å². The van der Waals surface area contributed by atoms with Gasteiger partial charge in [0.1, 0.15) is 5.54 Å². The van der Waals surface area contributed by atoms with Gasteiger partial charge in [-0.15, -0.1) is 0 Å². The van der Waals surface area contributed by atoms with Crippen LogP contribution in [0, 0.1) is 5.41 Å². The Morgan fingerprint density at radius 1 is 1.12 bits per heavy atom. The molecule has 100 valence electrons. The Kier molecular flexibility index (Phi) is 5.57. The molecule has 0 amide bonds. The molecule has 6 nitrogen and oxygen atoms in total. The largest absolute Gasteiger partial charge is 0.481 e. The van der Waals surface area contributed by atoms with Crippen molar-refractivity contribution in [1.29, 1.82) is 0 Å². The summed E-state index contributed by atoms with van der Waals surface area (Å²) in [4.78, 5) is 22.1. The van der Waals surface area contributed by atoms with E-state index < -0.39 is 22.9 Å². The molecule has 0 fully saturated rings. The monoisotopic (exact) mass is 246 g/mol. The molecule has 6 heteroatoms. The molecule has 0 aliphatic rings. The van der Waals surface area contributed by atoms with Gasteiger partial charge in [-0.3, -0.25) is 9.59 Å². The molecule has 1 atom stereocenters. The molecular weight excluding hydrogens is 224 g/mol. The summed E-state index contributed by atoms with van der Waals surface area (Å²) in [5.74, 6) is -2.21. The highest BCUT2D eigenvalue weighted by atomic mass is 16.4. The predicted octanol–water partition coefficient (Wildman–Crippen LogP) is 0.398. The Labute approximate surface area is 101 Å². The van der Waals surface area contributed by atoms with Crippen LogP contribution in [0.2, 0.25) is 0 Å². The third-order valence-corrected chi connectivity index (χ3v) is 2.84. The van der Waals surface area contributed by atoms with E-state index in [9.17, 15) is 9.59 Å². The second-order valence-electron chi connectivity index (χ2n) is 5.07. The third-order valence-electron chi connectivity index (χ3n) is 2.84. The van der Waals surface area contributed by atoms with E-state index in [4.69, 9.17) is 21.7 Å². The smallest absolute Gasteiger partial charge is 0.323 e. The van der Waals surface area contributed by atoms with E-state index in [1.54, 1.807) is 0 Å². The lowest BCUT2D eigenvalue weighted by atomic mass is 9.76. The number of carbonyl (C=O) groups is 2. The van der Waals surface area contributed by atoms with Gasteiger partial charge in [0.15, 0.2) is 0 Å². The summed E-state index contributed by atoms with van der Waals surface area (Å²) in [7, 11) is 0. The zero-order valence-electron chi connectivity index (χ0n) is 10.4. The number of aliphatic carboxylic acids is 2. The summed E-state index contributed by atoms with van der Waals surface area (Å²) in [6, 6.07) is 0. The van der Waals surface area contributed by atoms with E-state index in [-0.39, 0.29) is 12.8 Å². The first-order chi connectivity index (χ1) is 7.65. The van der Waals surface area contributed by atoms with Crippen LogP contribution >= 0.6 is 0 Å². The molecule has 0 saturated heterocycles. The Morgan fingerprint density at radius 2 is 1.65 bits per heavy atom. The molecule has 6 N–H and O–H groups in total. The summed E-state index contributed by atoms with van der Waals surface area (Å²) in [6.45, 7) is 3.42. The van der Waals surface area contributed by atoms with Crippen LogP contribution in [0.3, 0.4) is 0 Å². The highest BCUT2D eigenvalue weighted by Gasteiger charge is 2.42. The first-order valence-corrected chi connectivity index (χ1v) is 5.61. The van der Waals surface area contributed by atoms with Gasteiger partial charge >= 0.3 is 11.9 Å². The van der Waals surface area contributed by atoms with Crippen LogP contribution in [0.1, 0.15) is 39.5 Å². The van der Waals surface area contributed by atoms with Gasteiger partial charge in [0.2, 0.25) is 0 Å². The Hall–Kier alpha value is -1.14. The molecule has 0 aliphatic carbocycles. The normalized spacial score (nSPS) is 15.3. The Bertz CT molecular complexity index is 291. The zero-order chi connectivity index (χ0) is 13.7. The number of nitrogens with two attached hydrogens (primary N) is 2. The van der Waals surface area contributed by atoms with Crippen molar-refractivity contribution in [1.82, 2.24) is 0 Å². The highest BCUT2D eigenvalue weighted by Crippen LogP contribution is 2.30. The quantitative estimate of drug-likeness (QED) is 0.459. The van der Waals surface area contributed by atoms with E-state index in [0.29, 0.717) is 19.4 Å². The molecule has 0 heterocycles. The number of carboxylic acids is 2. The van der Waals surface area contributed by atoms with Crippen molar-refractivity contribution in [2.45, 2.75) is 45.1 Å². The Balaban J connectivity index is 4.73. The van der Waals surface area contributed by atoms with E-state index in [2.05, 4.69) is 0 Å². The van der Waals surface area contributed by atoms with Gasteiger partial charge in [-0.1, -0.05) is 0 Å². The molecule has 17 heavy (non-hydrogen) atoms. The zero-order valence-corrected chi connectivity index (χ0v) is 10.4. The molecule has 0 spiro atoms. The van der Waals surface area contributed by atoms with Gasteiger partial charge in [-0.2, -0.15) is 0 Å². The number of carboxylic acid groups (broad SMARTS) is 2. The number of unbranched alkanes of at least 4 members (excludes halogenated alkanes) is 1. The minimum Gasteiger partial charge on any atom is -0.481 e. The summed E-state index contributed by atoms with van der Waals surface area (Å²) < 4.78 is 0. The van der Waals surface area contributed by atoms with Crippen molar-refractivity contribution in [3.63, 3.8) is 0 Å². The molecule has 0 aliphatic heterocycles. The average molecular weight is 246 g/mol. The fourth-order valence-electron chi connectivity index (χ4n) is 1.72. The van der Waals surface area contributed by atoms with Crippen LogP contribution in [0.15, 0.2) is 0 Å². The van der Waals surface area contributed by atoms with Crippen molar-refractivity contribution >= 4 is 11.9 Å². The molecule has 0 saturated carbocycles. The lowest BCUT2D eigenvalue weighted by Gasteiger charge is -2.31. The van der Waals surface area contributed by atoms with Gasteiger partial charge in [-0.05, 0) is 46.1 Å². The molecule has 0 radical (unpaired) electrons. The average Bonchev–Trinajstić information content (AvgIpc) is 2.16. The highest BCUT2D eigenvalue weighted by molar-refractivity contribution is 5.81. The minimum absolute atomic E-state index is 0.102. The Morgan fingerprint density at radius 3 is 2.00 bits per heavy atom. The van der Waals surface area contributed by atoms with Gasteiger partial charge in [-0.25, -0.2) is 0 Å². The summed E-state index contributed by atoms with van der Waals surface area (Å²) in [5, 5.41) is 18.1. The molecule has 0 unspecified atom stereocenters. The van der Waals surface area contributed by atoms with Gasteiger partial charge < -0.3 is 21.7 Å². The maximum absolute atomic E-state index is 11.2. The van der Waals surface area contributed by atoms with Crippen LogP contribution in [-0.4, -0.2) is 34.2 Å². The van der Waals surface area contributed by atoms with Crippen LogP contribution in [0.25, 0.3) is 0 Å². The third kappa shape index (κ3) is 4.70. The van der Waals surface area contributed by atoms with Crippen molar-refractivity contribution in [2.24, 2.45) is 16.9 Å². The topological polar surface area (TPSA) is 127 Å². The summed E-state index contributed by atoms with van der Waals surface area (Å²) >= 11 is 0. The van der Waals surface area contributed by atoms with Crippen molar-refractivity contribution in [3.8, 4) is 0 Å². The van der Waals surface area contributed by atoms with Crippen molar-refractivity contribution in [2.75, 3.05) is 6.54 Å². The SMILES string of the molecule is CC(C)(C[C@](N)(CCCCN)C(=O)O)C(=O)O. The maximum Gasteiger partial charge on any atom is 0.323 e. The lowest BCUT2D eigenvalue weighted by molar-refractivity contribution is -0.151. The van der Waals surface area contributed by atoms with Crippen LogP contribution in [-0.2, 0) is 9.59 Å². The fourth-order valence-corrected chi connectivity index (χ4v) is 1.72. The van der Waals surface area contributed by atoms with Crippen LogP contribution < -0.4 is 11.5 Å². The van der Waals surface area contributed by atoms with Gasteiger partial charge in [0, 0.05) is 0 Å². The maximum atomic E-state index is 11.2. The van der Waals surface area contributed by atoms with E-state index in [1.807, 2.05) is 0 Å². The summed E-state index contributed by atoms with van der Waals surface area (Å²) in [6.07, 6.45) is 1.39. The predicted molar refractivity (Wildman–Crippen MR) is 63.5 cm³/mol. The fraction of sp³-hybridized carbons (Fsp3) is 0.818. The first-order valence-electron chi connectivity index (χ1n) is 5.61.